The molecule has 0 spiro atoms. The van der Waals surface area contributed by atoms with Crippen LogP contribution >= 0.6 is 0 Å². The van der Waals surface area contributed by atoms with Crippen LogP contribution in [0.3, 0.4) is 0 Å². The predicted molar refractivity (Wildman–Crippen MR) is 116 cm³/mol. The third-order valence-corrected chi connectivity index (χ3v) is 6.49. The highest BCUT2D eigenvalue weighted by molar-refractivity contribution is 5.95. The van der Waals surface area contributed by atoms with E-state index in [0.717, 1.165) is 32.1 Å². The van der Waals surface area contributed by atoms with E-state index < -0.39 is 17.6 Å². The van der Waals surface area contributed by atoms with Gasteiger partial charge in [-0.25, -0.2) is 0 Å². The zero-order chi connectivity index (χ0) is 22.3. The van der Waals surface area contributed by atoms with Crippen molar-refractivity contribution >= 4 is 17.7 Å². The second kappa shape index (κ2) is 10.9. The van der Waals surface area contributed by atoms with Crippen LogP contribution in [0.4, 0.5) is 0 Å². The number of hydrogen-bond acceptors (Lipinski definition) is 5. The van der Waals surface area contributed by atoms with Crippen LogP contribution in [0.25, 0.3) is 0 Å². The standard InChI is InChI=1S/C24H37NO5/c1-5-8-9-10-11-12-17(4)22(28)25-16-19(26)13-20(25)21(27)15-24(14-18(24)6-2)23(29)30-7-3/h5-6,17-20,26H,1-2,7-16H2,3-4H3/t17-,18+,19-,20-,24+/m0/s1. The fourth-order valence-corrected chi connectivity index (χ4v) is 4.54. The number of carbonyl (C=O) groups excluding carboxylic acids is 3. The number of esters is 1. The quantitative estimate of drug-likeness (QED) is 0.281. The number of β-amino-alcohol motifs (C(OH)–C–C–N with tert-alkyl or cyclic N) is 1. The maximum Gasteiger partial charge on any atom is 0.313 e. The number of rotatable bonds is 13. The molecular weight excluding hydrogens is 382 g/mol. The van der Waals surface area contributed by atoms with Crippen molar-refractivity contribution in [1.29, 1.82) is 0 Å². The van der Waals surface area contributed by atoms with Gasteiger partial charge in [-0.1, -0.05) is 31.9 Å². The number of likely N-dealkylation sites (tertiary alicyclic amines) is 1. The topological polar surface area (TPSA) is 83.9 Å². The molecule has 2 rings (SSSR count). The number of carbonyl (C=O) groups is 3. The summed E-state index contributed by atoms with van der Waals surface area (Å²) in [6, 6.07) is -0.673. The molecule has 2 fully saturated rings. The molecule has 0 unspecified atom stereocenters. The van der Waals surface area contributed by atoms with Gasteiger partial charge in [0, 0.05) is 25.3 Å². The van der Waals surface area contributed by atoms with E-state index >= 15 is 0 Å². The van der Waals surface area contributed by atoms with Crippen molar-refractivity contribution < 1.29 is 24.2 Å². The number of unbranched alkanes of at least 4 members (excludes halogenated alkanes) is 3. The number of Topliss-reactive ketones (excluding diaryl/α,β-unsaturated/α-hetero) is 1. The molecule has 1 aliphatic carbocycles. The van der Waals surface area contributed by atoms with Gasteiger partial charge in [0.2, 0.25) is 5.91 Å². The van der Waals surface area contributed by atoms with Crippen LogP contribution in [0, 0.1) is 17.3 Å². The SMILES string of the molecule is C=CCCCCC[C@H](C)C(=O)N1C[C@@H](O)C[C@H]1C(=O)C[C@]1(C(=O)OCC)C[C@H]1C=C. The van der Waals surface area contributed by atoms with Gasteiger partial charge in [-0.15, -0.1) is 13.2 Å². The molecule has 1 amide bonds. The zero-order valence-corrected chi connectivity index (χ0v) is 18.5. The lowest BCUT2D eigenvalue weighted by Crippen LogP contribution is -2.44. The van der Waals surface area contributed by atoms with Crippen molar-refractivity contribution in [2.45, 2.75) is 77.4 Å². The lowest BCUT2D eigenvalue weighted by atomic mass is 9.91. The first-order valence-corrected chi connectivity index (χ1v) is 11.2. The minimum atomic E-state index is -0.853. The van der Waals surface area contributed by atoms with Gasteiger partial charge in [-0.3, -0.25) is 14.4 Å². The molecule has 0 aromatic rings. The van der Waals surface area contributed by atoms with Crippen LogP contribution < -0.4 is 0 Å². The van der Waals surface area contributed by atoms with E-state index in [1.807, 2.05) is 13.0 Å². The van der Waals surface area contributed by atoms with E-state index in [9.17, 15) is 19.5 Å². The van der Waals surface area contributed by atoms with E-state index in [0.29, 0.717) is 6.42 Å². The molecule has 5 atom stereocenters. The summed E-state index contributed by atoms with van der Waals surface area (Å²) in [5, 5.41) is 10.2. The smallest absolute Gasteiger partial charge is 0.313 e. The summed E-state index contributed by atoms with van der Waals surface area (Å²) in [6.07, 6.45) is 8.48. The minimum absolute atomic E-state index is 0.0274. The molecule has 1 heterocycles. The molecule has 0 bridgehead atoms. The Kier molecular flexibility index (Phi) is 8.83. The number of allylic oxidation sites excluding steroid dienone is 2. The van der Waals surface area contributed by atoms with Crippen LogP contribution in [0.1, 0.15) is 65.2 Å². The Labute approximate surface area is 180 Å². The van der Waals surface area contributed by atoms with Crippen molar-refractivity contribution in [3.63, 3.8) is 0 Å². The summed E-state index contributed by atoms with van der Waals surface area (Å²) in [4.78, 5) is 40.1. The monoisotopic (exact) mass is 419 g/mol. The Hall–Kier alpha value is -1.95. The molecule has 1 saturated carbocycles. The Morgan fingerprint density at radius 1 is 1.27 bits per heavy atom. The summed E-state index contributed by atoms with van der Waals surface area (Å²) >= 11 is 0. The average molecular weight is 420 g/mol. The average Bonchev–Trinajstić information content (AvgIpc) is 3.30. The number of amides is 1. The Morgan fingerprint density at radius 3 is 2.60 bits per heavy atom. The number of aliphatic hydroxyl groups excluding tert-OH is 1. The van der Waals surface area contributed by atoms with Crippen LogP contribution in [0.2, 0.25) is 0 Å². The number of aliphatic hydroxyl groups is 1. The molecule has 30 heavy (non-hydrogen) atoms. The number of ether oxygens (including phenoxy) is 1. The predicted octanol–water partition coefficient (Wildman–Crippen LogP) is 3.44. The van der Waals surface area contributed by atoms with E-state index in [4.69, 9.17) is 4.74 Å². The Bertz CT molecular complexity index is 660. The highest BCUT2D eigenvalue weighted by Crippen LogP contribution is 2.57. The van der Waals surface area contributed by atoms with E-state index in [2.05, 4.69) is 13.2 Å². The molecule has 6 nitrogen and oxygen atoms in total. The zero-order valence-electron chi connectivity index (χ0n) is 18.5. The highest BCUT2D eigenvalue weighted by Gasteiger charge is 2.61. The first-order chi connectivity index (χ1) is 14.3. The van der Waals surface area contributed by atoms with Gasteiger partial charge in [0.05, 0.1) is 24.2 Å². The molecule has 168 valence electrons. The summed E-state index contributed by atoms with van der Waals surface area (Å²) in [7, 11) is 0. The van der Waals surface area contributed by atoms with Crippen LogP contribution in [-0.2, 0) is 19.1 Å². The maximum absolute atomic E-state index is 13.1. The van der Waals surface area contributed by atoms with E-state index in [-0.39, 0.29) is 55.5 Å². The lowest BCUT2D eigenvalue weighted by molar-refractivity contribution is -0.152. The van der Waals surface area contributed by atoms with Crippen molar-refractivity contribution in [3.8, 4) is 0 Å². The molecule has 0 aromatic carbocycles. The van der Waals surface area contributed by atoms with Crippen LogP contribution in [0.15, 0.2) is 25.3 Å². The summed E-state index contributed by atoms with van der Waals surface area (Å²) in [5.41, 5.74) is -0.853. The van der Waals surface area contributed by atoms with Crippen LogP contribution in [0.5, 0.6) is 0 Å². The normalized spacial score (nSPS) is 28.6. The summed E-state index contributed by atoms with van der Waals surface area (Å²) in [5.74, 6) is -0.904. The van der Waals surface area contributed by atoms with Gasteiger partial charge >= 0.3 is 5.97 Å². The van der Waals surface area contributed by atoms with Crippen molar-refractivity contribution in [1.82, 2.24) is 4.90 Å². The van der Waals surface area contributed by atoms with Gasteiger partial charge in [-0.2, -0.15) is 0 Å². The molecule has 1 N–H and O–H groups in total. The summed E-state index contributed by atoms with van der Waals surface area (Å²) in [6.45, 7) is 11.5. The van der Waals surface area contributed by atoms with Crippen LogP contribution in [-0.4, -0.2) is 53.0 Å². The molecule has 0 radical (unpaired) electrons. The van der Waals surface area contributed by atoms with Gasteiger partial charge in [-0.05, 0) is 38.5 Å². The number of nitrogens with zero attached hydrogens (tertiary/aromatic N) is 1. The summed E-state index contributed by atoms with van der Waals surface area (Å²) < 4.78 is 5.20. The largest absolute Gasteiger partial charge is 0.466 e. The molecule has 2 aliphatic rings. The van der Waals surface area contributed by atoms with Crippen molar-refractivity contribution in [2.75, 3.05) is 13.2 Å². The van der Waals surface area contributed by atoms with Gasteiger partial charge < -0.3 is 14.7 Å². The highest BCUT2D eigenvalue weighted by atomic mass is 16.5. The first kappa shape index (κ1) is 24.3. The van der Waals surface area contributed by atoms with Crippen molar-refractivity contribution in [2.24, 2.45) is 17.3 Å². The van der Waals surface area contributed by atoms with E-state index in [1.54, 1.807) is 13.0 Å². The molecule has 0 aromatic heterocycles. The fraction of sp³-hybridized carbons (Fsp3) is 0.708. The van der Waals surface area contributed by atoms with Gasteiger partial charge in [0.1, 0.15) is 0 Å². The number of hydrogen-bond donors (Lipinski definition) is 1. The number of ketones is 1. The lowest BCUT2D eigenvalue weighted by Gasteiger charge is -2.27. The molecule has 1 saturated heterocycles. The third kappa shape index (κ3) is 5.60. The van der Waals surface area contributed by atoms with Gasteiger partial charge in [0.15, 0.2) is 5.78 Å². The molecule has 6 heteroatoms. The van der Waals surface area contributed by atoms with E-state index in [1.165, 1.54) is 4.90 Å². The Balaban J connectivity index is 2.00. The second-order valence-corrected chi connectivity index (χ2v) is 8.79. The molecular formula is C24H37NO5. The Morgan fingerprint density at radius 2 is 2.00 bits per heavy atom. The first-order valence-electron chi connectivity index (χ1n) is 11.2. The third-order valence-electron chi connectivity index (χ3n) is 6.49. The second-order valence-electron chi connectivity index (χ2n) is 8.79. The van der Waals surface area contributed by atoms with Crippen molar-refractivity contribution in [3.05, 3.63) is 25.3 Å². The minimum Gasteiger partial charge on any atom is -0.466 e. The molecule has 1 aliphatic heterocycles. The maximum atomic E-state index is 13.1. The van der Waals surface area contributed by atoms with Gasteiger partial charge in [0.25, 0.3) is 0 Å². The fourth-order valence-electron chi connectivity index (χ4n) is 4.54.